The third-order valence-electron chi connectivity index (χ3n) is 4.59. The van der Waals surface area contributed by atoms with E-state index >= 15 is 0 Å². The predicted octanol–water partition coefficient (Wildman–Crippen LogP) is 1.30. The second kappa shape index (κ2) is 7.25. The number of fused-ring (bicyclic) bond motifs is 1. The summed E-state index contributed by atoms with van der Waals surface area (Å²) in [5.41, 5.74) is 2.14. The van der Waals surface area contributed by atoms with Gasteiger partial charge in [0.15, 0.2) is 17.5 Å². The summed E-state index contributed by atoms with van der Waals surface area (Å²) in [6, 6.07) is 5.92. The Morgan fingerprint density at radius 3 is 3.12 bits per heavy atom. The maximum atomic E-state index is 5.91. The molecule has 1 fully saturated rings. The SMILES string of the molecule is CN=C(NCc1cccc2c1OCO2)N1CCOC(c2cnn(C)c2)C1. The molecule has 0 bridgehead atoms. The van der Waals surface area contributed by atoms with E-state index in [0.717, 1.165) is 41.7 Å². The molecule has 4 rings (SSSR count). The van der Waals surface area contributed by atoms with Gasteiger partial charge in [0.05, 0.1) is 19.3 Å². The lowest BCUT2D eigenvalue weighted by Gasteiger charge is -2.34. The summed E-state index contributed by atoms with van der Waals surface area (Å²) in [5, 5.41) is 7.66. The molecule has 0 amide bonds. The standard InChI is InChI=1S/C18H23N5O3/c1-19-18(20-8-13-4-3-5-15-17(13)26-12-25-15)23-6-7-24-16(11-23)14-9-21-22(2)10-14/h3-5,9-10,16H,6-8,11-12H2,1-2H3,(H,19,20). The summed E-state index contributed by atoms with van der Waals surface area (Å²) in [4.78, 5) is 6.65. The molecule has 26 heavy (non-hydrogen) atoms. The molecular weight excluding hydrogens is 334 g/mol. The topological polar surface area (TPSA) is 73.1 Å². The lowest BCUT2D eigenvalue weighted by atomic mass is 10.1. The van der Waals surface area contributed by atoms with Crippen molar-refractivity contribution in [1.29, 1.82) is 0 Å². The molecule has 2 aliphatic rings. The van der Waals surface area contributed by atoms with Crippen LogP contribution in [0.2, 0.25) is 0 Å². The number of rotatable bonds is 3. The number of benzene rings is 1. The van der Waals surface area contributed by atoms with Gasteiger partial charge in [0.2, 0.25) is 6.79 Å². The average Bonchev–Trinajstić information content (AvgIpc) is 3.32. The number of guanidine groups is 1. The molecule has 3 heterocycles. The smallest absolute Gasteiger partial charge is 0.231 e. The van der Waals surface area contributed by atoms with Gasteiger partial charge in [-0.05, 0) is 6.07 Å². The Morgan fingerprint density at radius 2 is 2.31 bits per heavy atom. The summed E-state index contributed by atoms with van der Waals surface area (Å²) in [6.07, 6.45) is 3.85. The number of aryl methyl sites for hydroxylation is 1. The molecule has 8 heteroatoms. The van der Waals surface area contributed by atoms with Gasteiger partial charge in [-0.3, -0.25) is 9.67 Å². The van der Waals surface area contributed by atoms with Gasteiger partial charge >= 0.3 is 0 Å². The lowest BCUT2D eigenvalue weighted by molar-refractivity contribution is -0.00805. The maximum absolute atomic E-state index is 5.91. The number of nitrogens with zero attached hydrogens (tertiary/aromatic N) is 4. The Hall–Kier alpha value is -2.74. The van der Waals surface area contributed by atoms with Crippen LogP contribution < -0.4 is 14.8 Å². The van der Waals surface area contributed by atoms with Crippen molar-refractivity contribution in [3.05, 3.63) is 41.7 Å². The fraction of sp³-hybridized carbons (Fsp3) is 0.444. The van der Waals surface area contributed by atoms with E-state index in [1.165, 1.54) is 0 Å². The van der Waals surface area contributed by atoms with Gasteiger partial charge in [0.25, 0.3) is 0 Å². The molecule has 0 aliphatic carbocycles. The second-order valence-electron chi connectivity index (χ2n) is 6.30. The first-order valence-corrected chi connectivity index (χ1v) is 8.68. The van der Waals surface area contributed by atoms with Crippen LogP contribution in [0.15, 0.2) is 35.6 Å². The summed E-state index contributed by atoms with van der Waals surface area (Å²) < 4.78 is 18.7. The van der Waals surface area contributed by atoms with Crippen molar-refractivity contribution < 1.29 is 14.2 Å². The van der Waals surface area contributed by atoms with Crippen molar-refractivity contribution in [2.45, 2.75) is 12.6 Å². The quantitative estimate of drug-likeness (QED) is 0.659. The van der Waals surface area contributed by atoms with Gasteiger partial charge in [-0.15, -0.1) is 0 Å². The molecule has 1 aromatic heterocycles. The van der Waals surface area contributed by atoms with Crippen LogP contribution in [-0.4, -0.2) is 54.2 Å². The zero-order chi connectivity index (χ0) is 17.9. The number of morpholine rings is 1. The molecule has 1 atom stereocenters. The molecule has 0 spiro atoms. The average molecular weight is 357 g/mol. The normalized spacial score (nSPS) is 19.7. The molecule has 1 aromatic carbocycles. The van der Waals surface area contributed by atoms with Crippen molar-refractivity contribution in [1.82, 2.24) is 20.0 Å². The summed E-state index contributed by atoms with van der Waals surface area (Å²) >= 11 is 0. The Morgan fingerprint density at radius 1 is 1.38 bits per heavy atom. The fourth-order valence-electron chi connectivity index (χ4n) is 3.29. The van der Waals surface area contributed by atoms with E-state index in [2.05, 4.69) is 20.3 Å². The molecule has 1 saturated heterocycles. The number of aromatic nitrogens is 2. The van der Waals surface area contributed by atoms with E-state index in [-0.39, 0.29) is 12.9 Å². The van der Waals surface area contributed by atoms with Gasteiger partial charge in [0.1, 0.15) is 6.10 Å². The zero-order valence-corrected chi connectivity index (χ0v) is 15.0. The second-order valence-corrected chi connectivity index (χ2v) is 6.30. The maximum Gasteiger partial charge on any atom is 0.231 e. The monoisotopic (exact) mass is 357 g/mol. The van der Waals surface area contributed by atoms with Gasteiger partial charge in [-0.25, -0.2) is 0 Å². The van der Waals surface area contributed by atoms with Crippen LogP contribution in [0.25, 0.3) is 0 Å². The van der Waals surface area contributed by atoms with E-state index in [4.69, 9.17) is 14.2 Å². The third kappa shape index (κ3) is 3.32. The van der Waals surface area contributed by atoms with E-state index in [0.29, 0.717) is 13.2 Å². The number of ether oxygens (including phenoxy) is 3. The Balaban J connectivity index is 1.42. The van der Waals surface area contributed by atoms with E-state index in [1.54, 1.807) is 11.7 Å². The summed E-state index contributed by atoms with van der Waals surface area (Å²) in [7, 11) is 3.71. The number of aliphatic imine (C=N–C) groups is 1. The number of nitrogens with one attached hydrogen (secondary N) is 1. The summed E-state index contributed by atoms with van der Waals surface area (Å²) in [6.45, 7) is 3.07. The first-order valence-electron chi connectivity index (χ1n) is 8.68. The largest absolute Gasteiger partial charge is 0.454 e. The first kappa shape index (κ1) is 16.7. The lowest BCUT2D eigenvalue weighted by Crippen LogP contribution is -2.47. The Kier molecular flexibility index (Phi) is 4.66. The molecule has 0 radical (unpaired) electrons. The number of para-hydroxylation sites is 1. The Labute approximate surface area is 152 Å². The molecule has 1 N–H and O–H groups in total. The zero-order valence-electron chi connectivity index (χ0n) is 15.0. The van der Waals surface area contributed by atoms with Crippen molar-refractivity contribution in [3.8, 4) is 11.5 Å². The highest BCUT2D eigenvalue weighted by molar-refractivity contribution is 5.80. The van der Waals surface area contributed by atoms with Crippen LogP contribution in [-0.2, 0) is 18.3 Å². The molecule has 2 aromatic rings. The van der Waals surface area contributed by atoms with E-state index in [9.17, 15) is 0 Å². The molecule has 8 nitrogen and oxygen atoms in total. The van der Waals surface area contributed by atoms with Crippen LogP contribution in [0.1, 0.15) is 17.2 Å². The van der Waals surface area contributed by atoms with Crippen LogP contribution in [0.5, 0.6) is 11.5 Å². The number of hydrogen-bond acceptors (Lipinski definition) is 5. The van der Waals surface area contributed by atoms with E-state index < -0.39 is 0 Å². The third-order valence-corrected chi connectivity index (χ3v) is 4.59. The van der Waals surface area contributed by atoms with Gasteiger partial charge in [0, 0.05) is 44.5 Å². The van der Waals surface area contributed by atoms with Crippen LogP contribution >= 0.6 is 0 Å². The minimum absolute atomic E-state index is 0.00583. The highest BCUT2D eigenvalue weighted by Gasteiger charge is 2.25. The number of hydrogen-bond donors (Lipinski definition) is 1. The van der Waals surface area contributed by atoms with Crippen molar-refractivity contribution in [2.24, 2.45) is 12.0 Å². The van der Waals surface area contributed by atoms with Crippen LogP contribution in [0, 0.1) is 0 Å². The van der Waals surface area contributed by atoms with Crippen LogP contribution in [0.4, 0.5) is 0 Å². The fourth-order valence-corrected chi connectivity index (χ4v) is 3.29. The molecule has 0 saturated carbocycles. The van der Waals surface area contributed by atoms with Crippen LogP contribution in [0.3, 0.4) is 0 Å². The van der Waals surface area contributed by atoms with Gasteiger partial charge < -0.3 is 24.4 Å². The highest BCUT2D eigenvalue weighted by atomic mass is 16.7. The summed E-state index contributed by atoms with van der Waals surface area (Å²) in [5.74, 6) is 2.45. The predicted molar refractivity (Wildman–Crippen MR) is 96.2 cm³/mol. The van der Waals surface area contributed by atoms with Crippen molar-refractivity contribution in [2.75, 3.05) is 33.5 Å². The van der Waals surface area contributed by atoms with Gasteiger partial charge in [-0.2, -0.15) is 5.10 Å². The van der Waals surface area contributed by atoms with E-state index in [1.807, 2.05) is 37.6 Å². The first-order chi connectivity index (χ1) is 12.7. The molecule has 1 unspecified atom stereocenters. The Bertz CT molecular complexity index is 804. The van der Waals surface area contributed by atoms with Crippen molar-refractivity contribution >= 4 is 5.96 Å². The van der Waals surface area contributed by atoms with Crippen molar-refractivity contribution in [3.63, 3.8) is 0 Å². The minimum Gasteiger partial charge on any atom is -0.454 e. The molecule has 2 aliphatic heterocycles. The molecular formula is C18H23N5O3. The van der Waals surface area contributed by atoms with Gasteiger partial charge in [-0.1, -0.05) is 12.1 Å². The molecule has 138 valence electrons. The minimum atomic E-state index is -0.00583. The highest BCUT2D eigenvalue weighted by Crippen LogP contribution is 2.35.